The Morgan fingerprint density at radius 1 is 1.61 bits per heavy atom. The second-order valence-corrected chi connectivity index (χ2v) is 5.46. The van der Waals surface area contributed by atoms with E-state index < -0.39 is 0 Å². The fourth-order valence-corrected chi connectivity index (χ4v) is 1.87. The maximum absolute atomic E-state index is 11.9. The van der Waals surface area contributed by atoms with Crippen LogP contribution in [0.1, 0.15) is 23.7 Å². The summed E-state index contributed by atoms with van der Waals surface area (Å²) in [6.07, 6.45) is 2.97. The van der Waals surface area contributed by atoms with Crippen LogP contribution in [0.25, 0.3) is 0 Å². The molecule has 0 fully saturated rings. The number of aromatic nitrogens is 1. The quantitative estimate of drug-likeness (QED) is 0.423. The number of nitrogens with one attached hydrogen (secondary N) is 2. The SMILES string of the molecule is CSC(C)CCNC(=O)c1cc(Cl)nc(NN)c1. The Kier molecular flexibility index (Phi) is 6.24. The van der Waals surface area contributed by atoms with Gasteiger partial charge in [-0.3, -0.25) is 4.79 Å². The molecule has 1 rings (SSSR count). The highest BCUT2D eigenvalue weighted by molar-refractivity contribution is 7.99. The summed E-state index contributed by atoms with van der Waals surface area (Å²) in [6, 6.07) is 3.06. The molecule has 0 aliphatic rings. The van der Waals surface area contributed by atoms with Crippen LogP contribution >= 0.6 is 23.4 Å². The van der Waals surface area contributed by atoms with Crippen LogP contribution in [0.2, 0.25) is 5.15 Å². The summed E-state index contributed by atoms with van der Waals surface area (Å²) in [5.41, 5.74) is 2.81. The van der Waals surface area contributed by atoms with E-state index in [4.69, 9.17) is 17.4 Å². The zero-order chi connectivity index (χ0) is 13.5. The van der Waals surface area contributed by atoms with E-state index >= 15 is 0 Å². The first kappa shape index (κ1) is 15.1. The summed E-state index contributed by atoms with van der Waals surface area (Å²) in [5, 5.41) is 3.59. The van der Waals surface area contributed by atoms with Crippen molar-refractivity contribution in [2.24, 2.45) is 5.84 Å². The van der Waals surface area contributed by atoms with Gasteiger partial charge in [0.05, 0.1) is 0 Å². The Labute approximate surface area is 116 Å². The van der Waals surface area contributed by atoms with E-state index in [1.54, 1.807) is 17.8 Å². The van der Waals surface area contributed by atoms with Crippen molar-refractivity contribution < 1.29 is 4.79 Å². The van der Waals surface area contributed by atoms with E-state index in [1.165, 1.54) is 6.07 Å². The third-order valence-corrected chi connectivity index (χ3v) is 3.68. The molecule has 18 heavy (non-hydrogen) atoms. The van der Waals surface area contributed by atoms with E-state index in [-0.39, 0.29) is 11.1 Å². The van der Waals surface area contributed by atoms with E-state index in [2.05, 4.69) is 22.7 Å². The summed E-state index contributed by atoms with van der Waals surface area (Å²) in [4.78, 5) is 15.8. The number of hydrogen-bond donors (Lipinski definition) is 3. The highest BCUT2D eigenvalue weighted by Gasteiger charge is 2.09. The lowest BCUT2D eigenvalue weighted by Gasteiger charge is -2.10. The fraction of sp³-hybridized carbons (Fsp3) is 0.455. The normalized spacial score (nSPS) is 12.0. The molecule has 1 unspecified atom stereocenters. The maximum Gasteiger partial charge on any atom is 0.251 e. The van der Waals surface area contributed by atoms with Crippen LogP contribution in [0.5, 0.6) is 0 Å². The minimum Gasteiger partial charge on any atom is -0.352 e. The highest BCUT2D eigenvalue weighted by atomic mass is 35.5. The molecule has 0 aromatic carbocycles. The van der Waals surface area contributed by atoms with E-state index in [9.17, 15) is 4.79 Å². The lowest BCUT2D eigenvalue weighted by atomic mass is 10.2. The molecule has 1 aromatic heterocycles. The van der Waals surface area contributed by atoms with Gasteiger partial charge < -0.3 is 10.7 Å². The summed E-state index contributed by atoms with van der Waals surface area (Å²) < 4.78 is 0. The van der Waals surface area contributed by atoms with Crippen molar-refractivity contribution in [3.05, 3.63) is 22.8 Å². The molecule has 0 radical (unpaired) electrons. The smallest absolute Gasteiger partial charge is 0.251 e. The van der Waals surface area contributed by atoms with E-state index in [1.807, 2.05) is 6.26 Å². The number of nitrogen functional groups attached to an aromatic ring is 1. The summed E-state index contributed by atoms with van der Waals surface area (Å²) in [5.74, 6) is 5.43. The number of pyridine rings is 1. The minimum absolute atomic E-state index is 0.177. The number of amides is 1. The van der Waals surface area contributed by atoms with Crippen molar-refractivity contribution in [1.82, 2.24) is 10.3 Å². The lowest BCUT2D eigenvalue weighted by molar-refractivity contribution is 0.0953. The molecule has 1 aromatic rings. The number of carbonyl (C=O) groups is 1. The largest absolute Gasteiger partial charge is 0.352 e. The first-order chi connectivity index (χ1) is 8.56. The number of hydrogen-bond acceptors (Lipinski definition) is 5. The van der Waals surface area contributed by atoms with E-state index in [0.717, 1.165) is 6.42 Å². The van der Waals surface area contributed by atoms with Crippen molar-refractivity contribution >= 4 is 35.1 Å². The number of halogens is 1. The molecule has 100 valence electrons. The minimum atomic E-state index is -0.177. The number of nitrogens with zero attached hydrogens (tertiary/aromatic N) is 1. The predicted octanol–water partition coefficient (Wildman–Crippen LogP) is 1.89. The molecular formula is C11H17ClN4OS. The van der Waals surface area contributed by atoms with Crippen molar-refractivity contribution in [1.29, 1.82) is 0 Å². The summed E-state index contributed by atoms with van der Waals surface area (Å²) >= 11 is 7.56. The molecule has 0 saturated carbocycles. The van der Waals surface area contributed by atoms with Crippen LogP contribution in [-0.4, -0.2) is 28.9 Å². The molecule has 0 bridgehead atoms. The lowest BCUT2D eigenvalue weighted by Crippen LogP contribution is -2.26. The van der Waals surface area contributed by atoms with Gasteiger partial charge in [-0.25, -0.2) is 10.8 Å². The first-order valence-corrected chi connectivity index (χ1v) is 7.18. The molecule has 5 nitrogen and oxygen atoms in total. The average Bonchev–Trinajstić information content (AvgIpc) is 2.37. The Morgan fingerprint density at radius 2 is 2.33 bits per heavy atom. The standard InChI is InChI=1S/C11H17ClN4OS/c1-7(18-2)3-4-14-11(17)8-5-9(12)15-10(6-8)16-13/h5-7H,3-4,13H2,1-2H3,(H,14,17)(H,15,16). The van der Waals surface area contributed by atoms with Crippen molar-refractivity contribution in [2.75, 3.05) is 18.2 Å². The number of carbonyl (C=O) groups excluding carboxylic acids is 1. The second kappa shape index (κ2) is 7.45. The van der Waals surface area contributed by atoms with Gasteiger partial charge in [0.2, 0.25) is 0 Å². The molecule has 7 heteroatoms. The Balaban J connectivity index is 2.58. The molecule has 0 aliphatic carbocycles. The molecule has 0 spiro atoms. The maximum atomic E-state index is 11.9. The van der Waals surface area contributed by atoms with Crippen LogP contribution in [0.15, 0.2) is 12.1 Å². The molecule has 4 N–H and O–H groups in total. The topological polar surface area (TPSA) is 80.0 Å². The van der Waals surface area contributed by atoms with Gasteiger partial charge in [-0.15, -0.1) is 0 Å². The molecule has 1 amide bonds. The van der Waals surface area contributed by atoms with E-state index in [0.29, 0.717) is 23.2 Å². The van der Waals surface area contributed by atoms with Crippen molar-refractivity contribution in [2.45, 2.75) is 18.6 Å². The van der Waals surface area contributed by atoms with Gasteiger partial charge >= 0.3 is 0 Å². The number of anilines is 1. The number of rotatable bonds is 6. The van der Waals surface area contributed by atoms with Crippen LogP contribution < -0.4 is 16.6 Å². The van der Waals surface area contributed by atoms with Crippen LogP contribution in [0.4, 0.5) is 5.82 Å². The van der Waals surface area contributed by atoms with Gasteiger partial charge in [0, 0.05) is 17.4 Å². The Morgan fingerprint density at radius 3 is 2.94 bits per heavy atom. The van der Waals surface area contributed by atoms with Crippen LogP contribution in [-0.2, 0) is 0 Å². The Hall–Kier alpha value is -0.980. The van der Waals surface area contributed by atoms with Crippen LogP contribution in [0, 0.1) is 0 Å². The van der Waals surface area contributed by atoms with Gasteiger partial charge in [-0.05, 0) is 24.8 Å². The average molecular weight is 289 g/mol. The number of thioether (sulfide) groups is 1. The van der Waals surface area contributed by atoms with Gasteiger partial charge in [0.1, 0.15) is 11.0 Å². The molecule has 1 atom stereocenters. The molecule has 1 heterocycles. The van der Waals surface area contributed by atoms with Gasteiger partial charge in [-0.2, -0.15) is 11.8 Å². The monoisotopic (exact) mass is 288 g/mol. The zero-order valence-corrected chi connectivity index (χ0v) is 11.9. The zero-order valence-electron chi connectivity index (χ0n) is 10.4. The Bertz CT molecular complexity index is 416. The fourth-order valence-electron chi connectivity index (χ4n) is 1.31. The van der Waals surface area contributed by atoms with Gasteiger partial charge in [-0.1, -0.05) is 18.5 Å². The molecule has 0 saturated heterocycles. The number of nitrogens with two attached hydrogens (primary N) is 1. The van der Waals surface area contributed by atoms with Gasteiger partial charge in [0.15, 0.2) is 0 Å². The van der Waals surface area contributed by atoms with Crippen molar-refractivity contribution in [3.63, 3.8) is 0 Å². The third kappa shape index (κ3) is 4.72. The summed E-state index contributed by atoms with van der Waals surface area (Å²) in [7, 11) is 0. The molecular weight excluding hydrogens is 272 g/mol. The first-order valence-electron chi connectivity index (χ1n) is 5.52. The summed E-state index contributed by atoms with van der Waals surface area (Å²) in [6.45, 7) is 2.75. The van der Waals surface area contributed by atoms with Gasteiger partial charge in [0.25, 0.3) is 5.91 Å². The van der Waals surface area contributed by atoms with Crippen LogP contribution in [0.3, 0.4) is 0 Å². The predicted molar refractivity (Wildman–Crippen MR) is 77.0 cm³/mol. The molecule has 0 aliphatic heterocycles. The second-order valence-electron chi connectivity index (χ2n) is 3.80. The number of hydrazine groups is 1. The van der Waals surface area contributed by atoms with Crippen molar-refractivity contribution in [3.8, 4) is 0 Å². The highest BCUT2D eigenvalue weighted by Crippen LogP contribution is 2.14. The third-order valence-electron chi connectivity index (χ3n) is 2.44.